The Morgan fingerprint density at radius 3 is 1.25 bits per heavy atom. The predicted octanol–water partition coefficient (Wildman–Crippen LogP) is 1.38. The molecule has 0 amide bonds. The molecule has 4 nitrogen and oxygen atoms in total. The van der Waals surface area contributed by atoms with Gasteiger partial charge in [0.1, 0.15) is 13.2 Å². The third-order valence-corrected chi connectivity index (χ3v) is 4.19. The summed E-state index contributed by atoms with van der Waals surface area (Å²) in [5.41, 5.74) is 0. The maximum Gasteiger partial charge on any atom is 0.315 e. The summed E-state index contributed by atoms with van der Waals surface area (Å²) in [4.78, 5) is 20.9. The van der Waals surface area contributed by atoms with Gasteiger partial charge in [-0.15, -0.1) is 0 Å². The Balaban J connectivity index is 0. The minimum atomic E-state index is -0.316. The molecule has 0 aromatic heterocycles. The Morgan fingerprint density at radius 2 is 1.05 bits per heavy atom. The summed E-state index contributed by atoms with van der Waals surface area (Å²) in [5.74, 6) is 0.805. The molecule has 0 radical (unpaired) electrons. The zero-order valence-corrected chi connectivity index (χ0v) is 16.1. The average molecular weight is 397 g/mol. The zero-order valence-electron chi connectivity index (χ0n) is 10.7. The van der Waals surface area contributed by atoms with E-state index in [0.717, 1.165) is 0 Å². The van der Waals surface area contributed by atoms with Gasteiger partial charge in [0.15, 0.2) is 0 Å². The van der Waals surface area contributed by atoms with Gasteiger partial charge in [0.25, 0.3) is 0 Å². The molecular weight excluding hydrogens is 377 g/mol. The van der Waals surface area contributed by atoms with Crippen molar-refractivity contribution in [1.29, 1.82) is 0 Å². The van der Waals surface area contributed by atoms with Crippen LogP contribution in [-0.2, 0) is 19.1 Å². The van der Waals surface area contributed by atoms with Crippen molar-refractivity contribution < 1.29 is 19.1 Å². The summed E-state index contributed by atoms with van der Waals surface area (Å²) in [5, 5.41) is 0.0410. The lowest BCUT2D eigenvalue weighted by molar-refractivity contribution is -0.141. The molecule has 0 saturated carbocycles. The first-order valence-corrected chi connectivity index (χ1v) is 9.08. The van der Waals surface area contributed by atoms with E-state index in [1.807, 2.05) is 0 Å². The molecule has 120 valence electrons. The number of rotatable bonds is 8. The number of hydrogen-bond donors (Lipinski definition) is 6. The highest BCUT2D eigenvalue weighted by molar-refractivity contribution is 7.85. The Kier molecular flexibility index (Phi) is 19.1. The normalized spacial score (nSPS) is 12.7. The number of ether oxygens (including phenoxy) is 2. The van der Waals surface area contributed by atoms with Crippen molar-refractivity contribution in [3.8, 4) is 0 Å². The van der Waals surface area contributed by atoms with E-state index >= 15 is 0 Å². The zero-order chi connectivity index (χ0) is 16.0. The highest BCUT2D eigenvalue weighted by Crippen LogP contribution is 1.99. The van der Waals surface area contributed by atoms with E-state index in [9.17, 15) is 9.59 Å². The van der Waals surface area contributed by atoms with Crippen LogP contribution in [0.25, 0.3) is 0 Å². The standard InChI is InChI=1S/2C5H10O2S3/c2*6-5(3-9)7-1-4(10)2-8/h2*4,8-10H,1-3H2. The third kappa shape index (κ3) is 17.1. The summed E-state index contributed by atoms with van der Waals surface area (Å²) in [6.45, 7) is 0.623. The van der Waals surface area contributed by atoms with Crippen LogP contribution in [0.5, 0.6) is 0 Å². The number of carbonyl (C=O) groups excluding carboxylic acids is 2. The van der Waals surface area contributed by atoms with E-state index in [2.05, 4.69) is 75.8 Å². The molecule has 10 heteroatoms. The fourth-order valence-electron chi connectivity index (χ4n) is 0.575. The largest absolute Gasteiger partial charge is 0.464 e. The van der Waals surface area contributed by atoms with E-state index < -0.39 is 0 Å². The van der Waals surface area contributed by atoms with Gasteiger partial charge in [-0.3, -0.25) is 9.59 Å². The lowest BCUT2D eigenvalue weighted by Crippen LogP contribution is -2.15. The summed E-state index contributed by atoms with van der Waals surface area (Å²) >= 11 is 23.5. The SMILES string of the molecule is O=C(CS)OCC(S)CS.O=C(CS)OCC(S)CS. The number of esters is 2. The lowest BCUT2D eigenvalue weighted by atomic mass is 10.5. The van der Waals surface area contributed by atoms with Crippen LogP contribution in [0.3, 0.4) is 0 Å². The molecular formula is C10H20O4S6. The molecule has 0 bridgehead atoms. The van der Waals surface area contributed by atoms with Crippen molar-refractivity contribution in [3.05, 3.63) is 0 Å². The number of thiol groups is 6. The molecule has 0 saturated heterocycles. The van der Waals surface area contributed by atoms with Crippen LogP contribution >= 0.6 is 75.8 Å². The number of hydrogen-bond acceptors (Lipinski definition) is 10. The van der Waals surface area contributed by atoms with E-state index in [0.29, 0.717) is 24.7 Å². The van der Waals surface area contributed by atoms with Crippen molar-refractivity contribution in [2.75, 3.05) is 36.2 Å². The molecule has 0 aliphatic rings. The maximum absolute atomic E-state index is 10.5. The molecule has 0 aromatic rings. The van der Waals surface area contributed by atoms with Crippen molar-refractivity contribution in [2.24, 2.45) is 0 Å². The van der Waals surface area contributed by atoms with Crippen LogP contribution in [0.4, 0.5) is 0 Å². The summed E-state index contributed by atoms with van der Waals surface area (Å²) in [7, 11) is 0. The molecule has 0 aliphatic carbocycles. The molecule has 0 rings (SSSR count). The Hall–Kier alpha value is 1.04. The van der Waals surface area contributed by atoms with Crippen molar-refractivity contribution in [3.63, 3.8) is 0 Å². The molecule has 0 fully saturated rings. The molecule has 0 aliphatic heterocycles. The maximum atomic E-state index is 10.5. The van der Waals surface area contributed by atoms with Gasteiger partial charge in [0, 0.05) is 22.0 Å². The molecule has 0 heterocycles. The minimum absolute atomic E-state index is 0.0205. The first kappa shape index (κ1) is 23.3. The molecule has 0 aromatic carbocycles. The van der Waals surface area contributed by atoms with Gasteiger partial charge in [-0.05, 0) is 0 Å². The van der Waals surface area contributed by atoms with Gasteiger partial charge in [-0.2, -0.15) is 75.8 Å². The van der Waals surface area contributed by atoms with Gasteiger partial charge in [-0.25, -0.2) is 0 Å². The highest BCUT2D eigenvalue weighted by atomic mass is 32.1. The lowest BCUT2D eigenvalue weighted by Gasteiger charge is -2.06. The van der Waals surface area contributed by atoms with Crippen LogP contribution in [0, 0.1) is 0 Å². The van der Waals surface area contributed by atoms with Crippen molar-refractivity contribution in [1.82, 2.24) is 0 Å². The molecule has 0 N–H and O–H groups in total. The van der Waals surface area contributed by atoms with E-state index in [-0.39, 0.29) is 33.9 Å². The number of carbonyl (C=O) groups is 2. The fraction of sp³-hybridized carbons (Fsp3) is 0.800. The second-order valence-electron chi connectivity index (χ2n) is 3.36. The van der Waals surface area contributed by atoms with E-state index in [4.69, 9.17) is 9.47 Å². The van der Waals surface area contributed by atoms with Crippen LogP contribution in [0.2, 0.25) is 0 Å². The first-order chi connectivity index (χ1) is 9.40. The van der Waals surface area contributed by atoms with Gasteiger partial charge in [-0.1, -0.05) is 0 Å². The van der Waals surface area contributed by atoms with Crippen molar-refractivity contribution >= 4 is 87.7 Å². The van der Waals surface area contributed by atoms with E-state index in [1.165, 1.54) is 0 Å². The second-order valence-corrected chi connectivity index (χ2v) is 6.18. The smallest absolute Gasteiger partial charge is 0.315 e. The van der Waals surface area contributed by atoms with Crippen molar-refractivity contribution in [2.45, 2.75) is 10.5 Å². The van der Waals surface area contributed by atoms with Gasteiger partial charge >= 0.3 is 11.9 Å². The molecule has 20 heavy (non-hydrogen) atoms. The molecule has 2 unspecified atom stereocenters. The van der Waals surface area contributed by atoms with Crippen LogP contribution < -0.4 is 0 Å². The molecule has 2 atom stereocenters. The average Bonchev–Trinajstić information content (AvgIpc) is 2.49. The highest BCUT2D eigenvalue weighted by Gasteiger charge is 2.04. The Bertz CT molecular complexity index is 240. The minimum Gasteiger partial charge on any atom is -0.464 e. The predicted molar refractivity (Wildman–Crippen MR) is 103 cm³/mol. The third-order valence-electron chi connectivity index (χ3n) is 1.55. The second kappa shape index (κ2) is 16.4. The monoisotopic (exact) mass is 396 g/mol. The summed E-state index contributed by atoms with van der Waals surface area (Å²) < 4.78 is 9.41. The van der Waals surface area contributed by atoms with Crippen LogP contribution in [0.15, 0.2) is 0 Å². The van der Waals surface area contributed by atoms with Gasteiger partial charge < -0.3 is 9.47 Å². The fourth-order valence-corrected chi connectivity index (χ4v) is 1.12. The summed E-state index contributed by atoms with van der Waals surface area (Å²) in [6.07, 6.45) is 0. The first-order valence-electron chi connectivity index (χ1n) is 5.52. The Labute approximate surface area is 153 Å². The van der Waals surface area contributed by atoms with Gasteiger partial charge in [0.05, 0.1) is 11.5 Å². The summed E-state index contributed by atoms with van der Waals surface area (Å²) in [6, 6.07) is 0. The van der Waals surface area contributed by atoms with Crippen LogP contribution in [-0.4, -0.2) is 58.7 Å². The van der Waals surface area contributed by atoms with Gasteiger partial charge in [0.2, 0.25) is 0 Å². The topological polar surface area (TPSA) is 52.6 Å². The molecule has 0 spiro atoms. The van der Waals surface area contributed by atoms with Crippen LogP contribution in [0.1, 0.15) is 0 Å². The van der Waals surface area contributed by atoms with E-state index in [1.54, 1.807) is 0 Å². The Morgan fingerprint density at radius 1 is 0.750 bits per heavy atom. The quantitative estimate of drug-likeness (QED) is 0.277.